The summed E-state index contributed by atoms with van der Waals surface area (Å²) in [6.07, 6.45) is 0.793. The molecule has 0 radical (unpaired) electrons. The second kappa shape index (κ2) is 10.1. The number of para-hydroxylation sites is 1. The number of esters is 1. The minimum Gasteiger partial charge on any atom is -0.463 e. The van der Waals surface area contributed by atoms with Crippen molar-refractivity contribution in [3.8, 4) is 0 Å². The van der Waals surface area contributed by atoms with Crippen LogP contribution in [0, 0.1) is 0 Å². The molecule has 0 N–H and O–H groups in total. The number of amides is 1. The van der Waals surface area contributed by atoms with E-state index in [-0.39, 0.29) is 23.5 Å². The van der Waals surface area contributed by atoms with E-state index in [1.54, 1.807) is 23.3 Å². The van der Waals surface area contributed by atoms with Gasteiger partial charge in [0.05, 0.1) is 35.2 Å². The molecule has 1 atom stereocenters. The van der Waals surface area contributed by atoms with Gasteiger partial charge >= 0.3 is 5.97 Å². The Morgan fingerprint density at radius 1 is 1.05 bits per heavy atom. The van der Waals surface area contributed by atoms with E-state index in [0.717, 1.165) is 28.8 Å². The maximum atomic E-state index is 14.2. The quantitative estimate of drug-likeness (QED) is 0.452. The third-order valence-electron chi connectivity index (χ3n) is 7.18. The number of anilines is 1. The van der Waals surface area contributed by atoms with E-state index in [4.69, 9.17) is 4.74 Å². The summed E-state index contributed by atoms with van der Waals surface area (Å²) in [4.78, 5) is 47.9. The van der Waals surface area contributed by atoms with Crippen LogP contribution in [-0.4, -0.2) is 29.6 Å². The van der Waals surface area contributed by atoms with Crippen LogP contribution in [0.25, 0.3) is 5.57 Å². The molecule has 7 nitrogen and oxygen atoms in total. The Kier molecular flexibility index (Phi) is 6.93. The number of hydrogen-bond acceptors (Lipinski definition) is 6. The number of hydrogen-bond donors (Lipinski definition) is 0. The van der Waals surface area contributed by atoms with E-state index in [2.05, 4.69) is 25.8 Å². The van der Waals surface area contributed by atoms with Gasteiger partial charge in [0.1, 0.15) is 4.53 Å². The first kappa shape index (κ1) is 26.8. The van der Waals surface area contributed by atoms with Crippen LogP contribution >= 0.6 is 11.3 Å². The molecule has 0 saturated carbocycles. The molecular weight excluding hydrogens is 510 g/mol. The fourth-order valence-corrected chi connectivity index (χ4v) is 6.40. The highest BCUT2D eigenvalue weighted by molar-refractivity contribution is 7.07. The highest BCUT2D eigenvalue weighted by atomic mass is 32.1. The molecule has 0 spiro atoms. The topological polar surface area (TPSA) is 81.0 Å². The van der Waals surface area contributed by atoms with Crippen LogP contribution in [0.5, 0.6) is 0 Å². The number of fused-ring (bicyclic) bond motifs is 2. The average Bonchev–Trinajstić information content (AvgIpc) is 3.36. The Hall–Kier alpha value is -3.78. The molecule has 8 heteroatoms. The first-order valence-corrected chi connectivity index (χ1v) is 14.1. The lowest BCUT2D eigenvalue weighted by Gasteiger charge is -2.26. The Labute approximate surface area is 231 Å². The largest absolute Gasteiger partial charge is 0.463 e. The van der Waals surface area contributed by atoms with Gasteiger partial charge in [0.2, 0.25) is 0 Å². The molecule has 0 unspecified atom stereocenters. The van der Waals surface area contributed by atoms with Gasteiger partial charge in [0.25, 0.3) is 11.5 Å². The summed E-state index contributed by atoms with van der Waals surface area (Å²) in [7, 11) is 0. The fourth-order valence-electron chi connectivity index (χ4n) is 5.27. The molecule has 2 aliphatic rings. The Balaban J connectivity index is 1.78. The van der Waals surface area contributed by atoms with Gasteiger partial charge < -0.3 is 9.64 Å². The van der Waals surface area contributed by atoms with Crippen LogP contribution in [0.1, 0.15) is 70.7 Å². The fraction of sp³-hybridized carbons (Fsp3) is 0.355. The molecule has 1 aromatic heterocycles. The SMILES string of the molecule is CCCN1C(=O)C(=c2sc3n(c2=O)[C@H](c2ccc(C(C)(C)C)cc2)C(C(=O)OCC)=C(C)N=3)c2ccccc21. The van der Waals surface area contributed by atoms with E-state index in [9.17, 15) is 14.4 Å². The Morgan fingerprint density at radius 2 is 1.74 bits per heavy atom. The molecular formula is C31H33N3O4S. The van der Waals surface area contributed by atoms with Crippen LogP contribution in [-0.2, 0) is 19.7 Å². The van der Waals surface area contributed by atoms with Crippen molar-refractivity contribution >= 4 is 34.5 Å². The number of carbonyl (C=O) groups excluding carboxylic acids is 2. The molecule has 2 aliphatic heterocycles. The van der Waals surface area contributed by atoms with Crippen molar-refractivity contribution in [3.63, 3.8) is 0 Å². The van der Waals surface area contributed by atoms with Crippen LogP contribution in [0.2, 0.25) is 0 Å². The molecule has 2 aromatic carbocycles. The summed E-state index contributed by atoms with van der Waals surface area (Å²) in [5.41, 5.74) is 4.31. The van der Waals surface area contributed by atoms with E-state index in [1.165, 1.54) is 11.3 Å². The molecule has 3 aromatic rings. The normalized spacial score (nSPS) is 18.2. The second-order valence-electron chi connectivity index (χ2n) is 10.8. The molecule has 0 bridgehead atoms. The average molecular weight is 544 g/mol. The lowest BCUT2D eigenvalue weighted by Crippen LogP contribution is -2.41. The lowest BCUT2D eigenvalue weighted by atomic mass is 9.85. The van der Waals surface area contributed by atoms with Crippen LogP contribution < -0.4 is 19.8 Å². The molecule has 1 amide bonds. The summed E-state index contributed by atoms with van der Waals surface area (Å²) >= 11 is 1.20. The van der Waals surface area contributed by atoms with Crippen molar-refractivity contribution in [2.75, 3.05) is 18.1 Å². The number of nitrogens with zero attached hydrogens (tertiary/aromatic N) is 3. The summed E-state index contributed by atoms with van der Waals surface area (Å²) in [5, 5.41) is 0. The number of aromatic nitrogens is 1. The predicted molar refractivity (Wildman–Crippen MR) is 154 cm³/mol. The molecule has 0 fully saturated rings. The number of allylic oxidation sites excluding steroid dienone is 1. The zero-order chi connectivity index (χ0) is 28.1. The van der Waals surface area contributed by atoms with Gasteiger partial charge in [-0.3, -0.25) is 14.2 Å². The van der Waals surface area contributed by atoms with Gasteiger partial charge in [0.15, 0.2) is 4.80 Å². The monoisotopic (exact) mass is 543 g/mol. The smallest absolute Gasteiger partial charge is 0.338 e. The number of carbonyl (C=O) groups is 2. The highest BCUT2D eigenvalue weighted by Gasteiger charge is 2.37. The van der Waals surface area contributed by atoms with E-state index >= 15 is 0 Å². The number of benzene rings is 2. The molecule has 202 valence electrons. The molecule has 3 heterocycles. The summed E-state index contributed by atoms with van der Waals surface area (Å²) in [6, 6.07) is 14.8. The second-order valence-corrected chi connectivity index (χ2v) is 11.8. The van der Waals surface area contributed by atoms with Crippen LogP contribution in [0.15, 0.2) is 69.6 Å². The van der Waals surface area contributed by atoms with Gasteiger partial charge in [-0.1, -0.05) is 81.5 Å². The molecule has 39 heavy (non-hydrogen) atoms. The van der Waals surface area contributed by atoms with E-state index in [0.29, 0.717) is 32.7 Å². The van der Waals surface area contributed by atoms with Gasteiger partial charge in [-0.2, -0.15) is 0 Å². The summed E-state index contributed by atoms with van der Waals surface area (Å²) in [5.74, 6) is -0.686. The van der Waals surface area contributed by atoms with Gasteiger partial charge in [0, 0.05) is 12.1 Å². The summed E-state index contributed by atoms with van der Waals surface area (Å²) < 4.78 is 7.30. The van der Waals surface area contributed by atoms with Crippen molar-refractivity contribution in [2.24, 2.45) is 4.99 Å². The first-order valence-electron chi connectivity index (χ1n) is 13.3. The zero-order valence-corrected chi connectivity index (χ0v) is 24.0. The number of rotatable bonds is 5. The van der Waals surface area contributed by atoms with Gasteiger partial charge in [-0.25, -0.2) is 9.79 Å². The zero-order valence-electron chi connectivity index (χ0n) is 23.2. The standard InChI is InChI=1S/C31H33N3O4S/c1-7-17-33-22-12-10-9-11-21(22)24(27(33)35)26-28(36)34-25(19-13-15-20(16-14-19)31(4,5)6)23(29(37)38-8-2)18(3)32-30(34)39-26/h9-16,25H,7-8,17H2,1-6H3/t25-/m1/s1. The lowest BCUT2D eigenvalue weighted by molar-refractivity contribution is -0.139. The van der Waals surface area contributed by atoms with Crippen molar-refractivity contribution in [3.05, 3.63) is 96.2 Å². The predicted octanol–water partition coefficient (Wildman–Crippen LogP) is 4.22. The maximum Gasteiger partial charge on any atom is 0.338 e. The third kappa shape index (κ3) is 4.46. The van der Waals surface area contributed by atoms with Crippen LogP contribution in [0.4, 0.5) is 5.69 Å². The summed E-state index contributed by atoms with van der Waals surface area (Å²) in [6.45, 7) is 12.7. The highest BCUT2D eigenvalue weighted by Crippen LogP contribution is 2.36. The van der Waals surface area contributed by atoms with Crippen molar-refractivity contribution in [1.82, 2.24) is 4.57 Å². The van der Waals surface area contributed by atoms with Gasteiger partial charge in [-0.05, 0) is 42.9 Å². The molecule has 5 rings (SSSR count). The van der Waals surface area contributed by atoms with Crippen molar-refractivity contribution in [1.29, 1.82) is 0 Å². The third-order valence-corrected chi connectivity index (χ3v) is 8.24. The Morgan fingerprint density at radius 3 is 2.38 bits per heavy atom. The molecule has 0 saturated heterocycles. The molecule has 0 aliphatic carbocycles. The van der Waals surface area contributed by atoms with Crippen molar-refractivity contribution in [2.45, 2.75) is 59.4 Å². The van der Waals surface area contributed by atoms with E-state index < -0.39 is 12.0 Å². The minimum atomic E-state index is -0.720. The van der Waals surface area contributed by atoms with Crippen molar-refractivity contribution < 1.29 is 14.3 Å². The van der Waals surface area contributed by atoms with Crippen LogP contribution in [0.3, 0.4) is 0 Å². The maximum absolute atomic E-state index is 14.2. The Bertz CT molecular complexity index is 1690. The van der Waals surface area contributed by atoms with E-state index in [1.807, 2.05) is 55.5 Å². The number of thiazole rings is 1. The van der Waals surface area contributed by atoms with Gasteiger partial charge in [-0.15, -0.1) is 0 Å². The number of ether oxygens (including phenoxy) is 1. The first-order chi connectivity index (χ1) is 18.6. The minimum absolute atomic E-state index is 0.0507.